The van der Waals surface area contributed by atoms with Gasteiger partial charge in [-0.3, -0.25) is 18.9 Å². The van der Waals surface area contributed by atoms with Gasteiger partial charge in [0.15, 0.2) is 4.96 Å². The zero-order valence-corrected chi connectivity index (χ0v) is 21.1. The van der Waals surface area contributed by atoms with Crippen LogP contribution in [0.1, 0.15) is 33.0 Å². The maximum Gasteiger partial charge on any atom is 0.259 e. The molecule has 10 heteroatoms. The van der Waals surface area contributed by atoms with E-state index in [0.29, 0.717) is 37.4 Å². The predicted octanol–water partition coefficient (Wildman–Crippen LogP) is 3.27. The summed E-state index contributed by atoms with van der Waals surface area (Å²) >= 11 is 3.23. The summed E-state index contributed by atoms with van der Waals surface area (Å²) in [6.45, 7) is 5.26. The van der Waals surface area contributed by atoms with Gasteiger partial charge in [-0.05, 0) is 29.3 Å². The fourth-order valence-corrected chi connectivity index (χ4v) is 6.04. The molecule has 0 spiro atoms. The van der Waals surface area contributed by atoms with E-state index in [0.717, 1.165) is 35.0 Å². The molecule has 1 amide bonds. The number of amides is 1. The van der Waals surface area contributed by atoms with E-state index in [1.807, 2.05) is 29.1 Å². The van der Waals surface area contributed by atoms with Gasteiger partial charge in [0.1, 0.15) is 11.3 Å². The molecule has 4 aromatic heterocycles. The molecule has 0 saturated carbocycles. The summed E-state index contributed by atoms with van der Waals surface area (Å²) in [6, 6.07) is 3.46. The van der Waals surface area contributed by atoms with Crippen molar-refractivity contribution in [1.29, 1.82) is 0 Å². The van der Waals surface area contributed by atoms with Crippen LogP contribution < -0.4 is 10.3 Å². The number of hydrogen-bond acceptors (Lipinski definition) is 7. The number of hydrogen-bond donors (Lipinski definition) is 0. The van der Waals surface area contributed by atoms with Crippen LogP contribution in [-0.4, -0.2) is 56.9 Å². The molecular weight excluding hydrogens is 470 g/mol. The zero-order valence-electron chi connectivity index (χ0n) is 19.5. The Morgan fingerprint density at radius 3 is 2.88 bits per heavy atom. The number of pyridine rings is 1. The Labute approximate surface area is 205 Å². The SMILES string of the molecule is COc1cc(=O)n2c(c1C(=O)N(C)Cc1ccsc1)CCN(Cc1c(C)nc3sccn13)CC2. The van der Waals surface area contributed by atoms with E-state index < -0.39 is 0 Å². The fraction of sp³-hybridized carbons (Fsp3) is 0.375. The molecule has 0 aliphatic carbocycles. The third-order valence-corrected chi connectivity index (χ3v) is 7.89. The number of ether oxygens (including phenoxy) is 1. The number of rotatable bonds is 6. The van der Waals surface area contributed by atoms with Gasteiger partial charge in [-0.25, -0.2) is 4.98 Å². The van der Waals surface area contributed by atoms with Crippen LogP contribution in [0.15, 0.2) is 39.3 Å². The zero-order chi connectivity index (χ0) is 23.8. The minimum Gasteiger partial charge on any atom is -0.496 e. The van der Waals surface area contributed by atoms with Gasteiger partial charge in [-0.2, -0.15) is 11.3 Å². The maximum atomic E-state index is 13.6. The molecule has 0 radical (unpaired) electrons. The minimum atomic E-state index is -0.133. The third-order valence-electron chi connectivity index (χ3n) is 6.40. The summed E-state index contributed by atoms with van der Waals surface area (Å²) in [7, 11) is 3.30. The van der Waals surface area contributed by atoms with Crippen molar-refractivity contribution in [1.82, 2.24) is 23.8 Å². The Bertz CT molecular complexity index is 1390. The molecule has 178 valence electrons. The maximum absolute atomic E-state index is 13.6. The lowest BCUT2D eigenvalue weighted by molar-refractivity contribution is 0.0779. The second-order valence-electron chi connectivity index (χ2n) is 8.54. The van der Waals surface area contributed by atoms with Crippen molar-refractivity contribution in [3.8, 4) is 5.75 Å². The number of carbonyl (C=O) groups is 1. The highest BCUT2D eigenvalue weighted by molar-refractivity contribution is 7.15. The highest BCUT2D eigenvalue weighted by atomic mass is 32.1. The molecular formula is C24H27N5O3S2. The van der Waals surface area contributed by atoms with Crippen LogP contribution in [0.5, 0.6) is 5.75 Å². The highest BCUT2D eigenvalue weighted by Crippen LogP contribution is 2.26. The topological polar surface area (TPSA) is 72.1 Å². The lowest BCUT2D eigenvalue weighted by atomic mass is 10.1. The molecule has 0 bridgehead atoms. The number of methoxy groups -OCH3 is 1. The normalized spacial score (nSPS) is 14.2. The molecule has 0 N–H and O–H groups in total. The first-order valence-electron chi connectivity index (χ1n) is 11.2. The molecule has 4 aromatic rings. The Hall–Kier alpha value is -2.95. The molecule has 0 unspecified atom stereocenters. The van der Waals surface area contributed by atoms with Gasteiger partial charge in [-0.15, -0.1) is 11.3 Å². The van der Waals surface area contributed by atoms with Gasteiger partial charge in [0.05, 0.1) is 18.5 Å². The van der Waals surface area contributed by atoms with Gasteiger partial charge >= 0.3 is 0 Å². The molecule has 0 fully saturated rings. The van der Waals surface area contributed by atoms with Crippen molar-refractivity contribution < 1.29 is 9.53 Å². The van der Waals surface area contributed by atoms with Crippen LogP contribution in [-0.2, 0) is 26.1 Å². The Morgan fingerprint density at radius 1 is 1.26 bits per heavy atom. The molecule has 1 aliphatic heterocycles. The van der Waals surface area contributed by atoms with Gasteiger partial charge in [0.25, 0.3) is 11.5 Å². The van der Waals surface area contributed by atoms with Crippen LogP contribution in [0.25, 0.3) is 4.96 Å². The van der Waals surface area contributed by atoms with Crippen LogP contribution in [0.2, 0.25) is 0 Å². The van der Waals surface area contributed by atoms with Crippen molar-refractivity contribution in [3.63, 3.8) is 0 Å². The Kier molecular flexibility index (Phi) is 6.28. The Morgan fingerprint density at radius 2 is 2.12 bits per heavy atom. The smallest absolute Gasteiger partial charge is 0.259 e. The average Bonchev–Trinajstić information content (AvgIpc) is 3.52. The van der Waals surface area contributed by atoms with Gasteiger partial charge in [0, 0.05) is 69.5 Å². The van der Waals surface area contributed by atoms with Gasteiger partial charge in [0.2, 0.25) is 0 Å². The molecule has 5 heterocycles. The molecule has 0 aromatic carbocycles. The van der Waals surface area contributed by atoms with Gasteiger partial charge in [-0.1, -0.05) is 0 Å². The summed E-state index contributed by atoms with van der Waals surface area (Å²) in [4.78, 5) is 36.2. The van der Waals surface area contributed by atoms with Crippen molar-refractivity contribution >= 4 is 33.5 Å². The summed E-state index contributed by atoms with van der Waals surface area (Å²) in [5, 5.41) is 6.08. The molecule has 5 rings (SSSR count). The predicted molar refractivity (Wildman–Crippen MR) is 134 cm³/mol. The van der Waals surface area contributed by atoms with E-state index in [9.17, 15) is 9.59 Å². The number of fused-ring (bicyclic) bond motifs is 2. The number of imidazole rings is 1. The number of aromatic nitrogens is 3. The molecule has 8 nitrogen and oxygen atoms in total. The van der Waals surface area contributed by atoms with Gasteiger partial charge < -0.3 is 14.2 Å². The summed E-state index contributed by atoms with van der Waals surface area (Å²) in [5.74, 6) is 0.213. The van der Waals surface area contributed by atoms with E-state index in [1.165, 1.54) is 18.9 Å². The standard InChI is InChI=1S/C24H27N5O3S2/c1-16-19(29-9-11-34-24(29)25-16)14-27-6-4-18-22(20(32-3)12-21(30)28(18)8-7-27)23(31)26(2)13-17-5-10-33-15-17/h5,9-12,15H,4,6-8,13-14H2,1-3H3. The first-order chi connectivity index (χ1) is 16.5. The van der Waals surface area contributed by atoms with Crippen molar-refractivity contribution in [3.05, 3.63) is 73.0 Å². The van der Waals surface area contributed by atoms with E-state index in [-0.39, 0.29) is 11.5 Å². The van der Waals surface area contributed by atoms with Crippen molar-refractivity contribution in [2.45, 2.75) is 33.0 Å². The van der Waals surface area contributed by atoms with E-state index in [4.69, 9.17) is 4.74 Å². The summed E-state index contributed by atoms with van der Waals surface area (Å²) in [6.07, 6.45) is 2.64. The highest BCUT2D eigenvalue weighted by Gasteiger charge is 2.27. The average molecular weight is 498 g/mol. The van der Waals surface area contributed by atoms with Crippen LogP contribution >= 0.6 is 22.7 Å². The van der Waals surface area contributed by atoms with Crippen LogP contribution in [0.4, 0.5) is 0 Å². The fourth-order valence-electron chi connectivity index (χ4n) is 4.60. The lowest BCUT2D eigenvalue weighted by Crippen LogP contribution is -2.32. The quantitative estimate of drug-likeness (QED) is 0.409. The first kappa shape index (κ1) is 22.8. The number of nitrogens with zero attached hydrogens (tertiary/aromatic N) is 5. The van der Waals surface area contributed by atoms with Crippen molar-refractivity contribution in [2.75, 3.05) is 27.2 Å². The molecule has 0 saturated heterocycles. The van der Waals surface area contributed by atoms with Crippen LogP contribution in [0.3, 0.4) is 0 Å². The lowest BCUT2D eigenvalue weighted by Gasteiger charge is -2.22. The molecule has 34 heavy (non-hydrogen) atoms. The monoisotopic (exact) mass is 497 g/mol. The van der Waals surface area contributed by atoms with E-state index in [1.54, 1.807) is 39.2 Å². The van der Waals surface area contributed by atoms with E-state index in [2.05, 4.69) is 20.5 Å². The van der Waals surface area contributed by atoms with Crippen molar-refractivity contribution in [2.24, 2.45) is 0 Å². The summed E-state index contributed by atoms with van der Waals surface area (Å²) in [5.41, 5.74) is 4.38. The number of carbonyl (C=O) groups excluding carboxylic acids is 1. The molecule has 1 aliphatic rings. The largest absolute Gasteiger partial charge is 0.496 e. The third kappa shape index (κ3) is 4.17. The van der Waals surface area contributed by atoms with Crippen LogP contribution in [0, 0.1) is 6.92 Å². The van der Waals surface area contributed by atoms with E-state index >= 15 is 0 Å². The second kappa shape index (κ2) is 9.36. The number of thiophene rings is 1. The Balaban J connectivity index is 1.44. The number of thiazole rings is 1. The first-order valence-corrected chi connectivity index (χ1v) is 13.0. The minimum absolute atomic E-state index is 0.133. The summed E-state index contributed by atoms with van der Waals surface area (Å²) < 4.78 is 9.41. The molecule has 0 atom stereocenters. The second-order valence-corrected chi connectivity index (χ2v) is 10.2. The number of aryl methyl sites for hydroxylation is 1.